The minimum atomic E-state index is -3.76. The van der Waals surface area contributed by atoms with Gasteiger partial charge in [-0.3, -0.25) is 13.9 Å². The zero-order chi connectivity index (χ0) is 34.6. The Morgan fingerprint density at radius 1 is 1.06 bits per heavy atom. The van der Waals surface area contributed by atoms with Gasteiger partial charge in [0.2, 0.25) is 10.0 Å². The first kappa shape index (κ1) is 34.3. The first-order valence-electron chi connectivity index (χ1n) is 15.3. The van der Waals surface area contributed by atoms with Gasteiger partial charge < -0.3 is 24.7 Å². The smallest absolute Gasteiger partial charge is 0.376 e. The third-order valence-electron chi connectivity index (χ3n) is 7.98. The number of carbonyl (C=O) groups excluding carboxylic acids is 2. The Morgan fingerprint density at radius 2 is 1.79 bits per heavy atom. The Kier molecular flexibility index (Phi) is 10.3. The molecule has 48 heavy (non-hydrogen) atoms. The molecule has 1 fully saturated rings. The van der Waals surface area contributed by atoms with Crippen LogP contribution in [0.1, 0.15) is 52.2 Å². The second kappa shape index (κ2) is 14.4. The maximum atomic E-state index is 13.7. The van der Waals surface area contributed by atoms with Crippen molar-refractivity contribution in [2.45, 2.75) is 31.6 Å². The van der Waals surface area contributed by atoms with Gasteiger partial charge in [0.15, 0.2) is 0 Å². The van der Waals surface area contributed by atoms with Crippen molar-refractivity contribution in [2.75, 3.05) is 37.4 Å². The Balaban J connectivity index is 1.32. The van der Waals surface area contributed by atoms with Crippen molar-refractivity contribution in [1.82, 2.24) is 5.32 Å². The molecule has 1 amide bonds. The van der Waals surface area contributed by atoms with Crippen LogP contribution >= 0.6 is 0 Å². The molecule has 0 aliphatic heterocycles. The van der Waals surface area contributed by atoms with Crippen molar-refractivity contribution in [3.8, 4) is 11.3 Å². The number of ether oxygens (including phenoxy) is 1. The highest BCUT2D eigenvalue weighted by Crippen LogP contribution is 2.48. The van der Waals surface area contributed by atoms with Crippen LogP contribution in [-0.4, -0.2) is 69.4 Å². The minimum Gasteiger partial charge on any atom is -0.507 e. The number of carboxylic acids is 1. The molecule has 0 radical (unpaired) electrons. The largest absolute Gasteiger partial charge is 0.507 e. The highest BCUT2D eigenvalue weighted by molar-refractivity contribution is 7.92. The third-order valence-corrected chi connectivity index (χ3v) is 9.16. The number of rotatable bonds is 15. The summed E-state index contributed by atoms with van der Waals surface area (Å²) < 4.78 is 53.1. The normalized spacial score (nSPS) is 13.4. The maximum Gasteiger partial charge on any atom is 0.376 e. The summed E-state index contributed by atoms with van der Waals surface area (Å²) in [5.74, 6) is -3.80. The molecule has 11 nitrogen and oxygen atoms in total. The molecule has 0 atom stereocenters. The minimum absolute atomic E-state index is 0.0314. The molecular weight excluding hydrogens is 643 g/mol. The van der Waals surface area contributed by atoms with E-state index in [9.17, 15) is 32.3 Å². The number of aliphatic carboxylic acids is 1. The number of halogens is 1. The molecule has 3 aromatic carbocycles. The molecule has 1 saturated carbocycles. The lowest BCUT2D eigenvalue weighted by molar-refractivity contribution is -0.146. The number of sulfonamides is 1. The lowest BCUT2D eigenvalue weighted by Gasteiger charge is -2.25. The summed E-state index contributed by atoms with van der Waals surface area (Å²) in [6.07, 6.45) is 4.64. The number of anilines is 1. The summed E-state index contributed by atoms with van der Waals surface area (Å²) in [5, 5.41) is 22.0. The van der Waals surface area contributed by atoms with Crippen LogP contribution in [0.2, 0.25) is 0 Å². The van der Waals surface area contributed by atoms with Crippen molar-refractivity contribution >= 4 is 50.1 Å². The standard InChI is InChI=1S/C35H35FN2O9S/c1-37-34(41)32-27-18-26(22-8-9-22)28(19-31(27)47-33(32)23-10-12-25(36)13-11-23)38(48(2,44)45)14-16-46-15-4-6-21-5-3-7-24(17-21)29(39)20-30(40)35(42)43/h3,5,7,10-13,17-20,22,39H,4,6,8-9,14-16H2,1-2H3,(H,37,41)(H,42,43)/b29-20-. The first-order valence-corrected chi connectivity index (χ1v) is 17.1. The van der Waals surface area contributed by atoms with Crippen LogP contribution < -0.4 is 9.62 Å². The van der Waals surface area contributed by atoms with Crippen LogP contribution in [0.15, 0.2) is 71.2 Å². The Labute approximate surface area is 276 Å². The Morgan fingerprint density at radius 3 is 2.44 bits per heavy atom. The molecule has 1 aliphatic carbocycles. The Hall–Kier alpha value is -5.01. The van der Waals surface area contributed by atoms with Crippen LogP contribution in [-0.2, 0) is 30.8 Å². The molecular formula is C35H35FN2O9S. The molecule has 252 valence electrons. The fourth-order valence-corrected chi connectivity index (χ4v) is 6.41. The number of benzene rings is 3. The summed E-state index contributed by atoms with van der Waals surface area (Å²) in [6.45, 7) is 0.437. The number of aryl methyl sites for hydroxylation is 1. The molecule has 0 bridgehead atoms. The van der Waals surface area contributed by atoms with E-state index in [1.54, 1.807) is 24.3 Å². The van der Waals surface area contributed by atoms with Crippen LogP contribution in [0.4, 0.5) is 10.1 Å². The monoisotopic (exact) mass is 678 g/mol. The van der Waals surface area contributed by atoms with E-state index in [1.807, 2.05) is 12.1 Å². The number of furan rings is 1. The first-order chi connectivity index (χ1) is 22.9. The quantitative estimate of drug-likeness (QED) is 0.0643. The van der Waals surface area contributed by atoms with Gasteiger partial charge >= 0.3 is 5.97 Å². The highest BCUT2D eigenvalue weighted by atomic mass is 32.2. The van der Waals surface area contributed by atoms with E-state index in [2.05, 4.69) is 5.32 Å². The molecule has 5 rings (SSSR count). The number of nitrogens with one attached hydrogen (secondary N) is 1. The molecule has 4 aromatic rings. The van der Waals surface area contributed by atoms with Gasteiger partial charge in [-0.1, -0.05) is 18.2 Å². The van der Waals surface area contributed by atoms with Gasteiger partial charge in [0.05, 0.1) is 30.7 Å². The van der Waals surface area contributed by atoms with Crippen molar-refractivity contribution in [3.63, 3.8) is 0 Å². The van der Waals surface area contributed by atoms with E-state index in [-0.39, 0.29) is 36.3 Å². The van der Waals surface area contributed by atoms with E-state index in [1.165, 1.54) is 35.6 Å². The van der Waals surface area contributed by atoms with Crippen molar-refractivity contribution in [1.29, 1.82) is 0 Å². The van der Waals surface area contributed by atoms with Crippen molar-refractivity contribution < 1.29 is 46.6 Å². The SMILES string of the molecule is CNC(=O)c1c(-c2ccc(F)cc2)oc2cc(N(CCOCCCc3cccc(/C(O)=C/C(=O)C(=O)O)c3)S(C)(=O)=O)c(C3CC3)cc12. The third kappa shape index (κ3) is 7.92. The number of hydrogen-bond acceptors (Lipinski definition) is 8. The molecule has 13 heteroatoms. The number of nitrogens with zero attached hydrogens (tertiary/aromatic N) is 1. The van der Waals surface area contributed by atoms with E-state index >= 15 is 0 Å². The molecule has 3 N–H and O–H groups in total. The number of aliphatic hydroxyl groups is 1. The summed E-state index contributed by atoms with van der Waals surface area (Å²) in [4.78, 5) is 35.2. The summed E-state index contributed by atoms with van der Waals surface area (Å²) in [5.41, 5.74) is 3.47. The average Bonchev–Trinajstić information content (AvgIpc) is 3.83. The highest BCUT2D eigenvalue weighted by Gasteiger charge is 2.33. The number of carboxylic acid groups (broad SMARTS) is 1. The van der Waals surface area contributed by atoms with Crippen LogP contribution in [0.5, 0.6) is 0 Å². The molecule has 1 heterocycles. The zero-order valence-corrected chi connectivity index (χ0v) is 27.2. The number of carbonyl (C=O) groups is 3. The van der Waals surface area contributed by atoms with Crippen LogP contribution in [0, 0.1) is 5.82 Å². The summed E-state index contributed by atoms with van der Waals surface area (Å²) in [7, 11) is -2.25. The maximum absolute atomic E-state index is 13.7. The fraction of sp³-hybridized carbons (Fsp3) is 0.286. The fourth-order valence-electron chi connectivity index (χ4n) is 5.49. The van der Waals surface area contributed by atoms with E-state index in [0.717, 1.165) is 30.2 Å². The number of fused-ring (bicyclic) bond motifs is 1. The second-order valence-electron chi connectivity index (χ2n) is 11.5. The van der Waals surface area contributed by atoms with Gasteiger partial charge in [-0.05, 0) is 79.1 Å². The number of hydrogen-bond donors (Lipinski definition) is 3. The Bertz CT molecular complexity index is 2000. The number of amides is 1. The predicted molar refractivity (Wildman–Crippen MR) is 178 cm³/mol. The van der Waals surface area contributed by atoms with Crippen LogP contribution in [0.3, 0.4) is 0 Å². The molecule has 0 saturated heterocycles. The van der Waals surface area contributed by atoms with Crippen LogP contribution in [0.25, 0.3) is 28.1 Å². The average molecular weight is 679 g/mol. The second-order valence-corrected chi connectivity index (χ2v) is 13.4. The van der Waals surface area contributed by atoms with E-state index in [0.29, 0.717) is 53.3 Å². The molecule has 0 unspecified atom stereocenters. The van der Waals surface area contributed by atoms with Gasteiger partial charge in [0.1, 0.15) is 22.9 Å². The summed E-state index contributed by atoms with van der Waals surface area (Å²) in [6, 6.07) is 15.8. The lowest BCUT2D eigenvalue weighted by atomic mass is 10.0. The van der Waals surface area contributed by atoms with Gasteiger partial charge in [-0.25, -0.2) is 17.6 Å². The van der Waals surface area contributed by atoms with Gasteiger partial charge in [-0.15, -0.1) is 0 Å². The zero-order valence-electron chi connectivity index (χ0n) is 26.4. The van der Waals surface area contributed by atoms with E-state index < -0.39 is 33.4 Å². The summed E-state index contributed by atoms with van der Waals surface area (Å²) >= 11 is 0. The van der Waals surface area contributed by atoms with Crippen molar-refractivity contribution in [3.05, 3.63) is 94.8 Å². The molecule has 1 aliphatic rings. The predicted octanol–water partition coefficient (Wildman–Crippen LogP) is 5.44. The topological polar surface area (TPSA) is 163 Å². The van der Waals surface area contributed by atoms with Gasteiger partial charge in [0, 0.05) is 42.3 Å². The van der Waals surface area contributed by atoms with Crippen molar-refractivity contribution in [2.24, 2.45) is 0 Å². The van der Waals surface area contributed by atoms with E-state index in [4.69, 9.17) is 14.3 Å². The molecule has 1 aromatic heterocycles. The van der Waals surface area contributed by atoms with Gasteiger partial charge in [-0.2, -0.15) is 0 Å². The molecule has 0 spiro atoms. The van der Waals surface area contributed by atoms with Gasteiger partial charge in [0.25, 0.3) is 11.7 Å². The number of ketones is 1. The number of aliphatic hydroxyl groups excluding tert-OH is 1. The lowest BCUT2D eigenvalue weighted by Crippen LogP contribution is -2.34.